The Morgan fingerprint density at radius 1 is 1.18 bits per heavy atom. The molecule has 38 heavy (non-hydrogen) atoms. The van der Waals surface area contributed by atoms with Crippen LogP contribution in [-0.4, -0.2) is 46.8 Å². The van der Waals surface area contributed by atoms with E-state index in [1.807, 2.05) is 18.3 Å². The number of ether oxygens (including phenoxy) is 2. The van der Waals surface area contributed by atoms with Gasteiger partial charge in [0.15, 0.2) is 0 Å². The Kier molecular flexibility index (Phi) is 6.63. The third-order valence-corrected chi connectivity index (χ3v) is 8.77. The van der Waals surface area contributed by atoms with Gasteiger partial charge >= 0.3 is 5.97 Å². The Bertz CT molecular complexity index is 1360. The number of nitriles is 1. The highest BCUT2D eigenvalue weighted by Crippen LogP contribution is 2.56. The van der Waals surface area contributed by atoms with Gasteiger partial charge in [0.1, 0.15) is 12.4 Å². The molecule has 3 aliphatic rings. The zero-order chi connectivity index (χ0) is 26.3. The van der Waals surface area contributed by atoms with Crippen LogP contribution >= 0.6 is 0 Å². The molecule has 2 N–H and O–H groups in total. The van der Waals surface area contributed by atoms with E-state index in [4.69, 9.17) is 9.47 Å². The molecule has 3 aromatic rings. The first kappa shape index (κ1) is 25.0. The largest absolute Gasteiger partial charge is 0.491 e. The van der Waals surface area contributed by atoms with Crippen LogP contribution in [-0.2, 0) is 11.3 Å². The summed E-state index contributed by atoms with van der Waals surface area (Å²) in [5.74, 6) is 0.153. The van der Waals surface area contributed by atoms with Crippen LogP contribution in [0.5, 0.6) is 5.75 Å². The van der Waals surface area contributed by atoms with Gasteiger partial charge < -0.3 is 19.6 Å². The van der Waals surface area contributed by atoms with E-state index < -0.39 is 5.97 Å². The highest BCUT2D eigenvalue weighted by atomic mass is 16.5. The summed E-state index contributed by atoms with van der Waals surface area (Å²) < 4.78 is 12.2. The van der Waals surface area contributed by atoms with Crippen LogP contribution in [0.2, 0.25) is 0 Å². The number of piperidine rings is 1. The van der Waals surface area contributed by atoms with Crippen molar-refractivity contribution in [2.75, 3.05) is 19.8 Å². The summed E-state index contributed by atoms with van der Waals surface area (Å²) in [5, 5.41) is 20.0. The third-order valence-electron chi connectivity index (χ3n) is 8.77. The number of aryl methyl sites for hydroxylation is 1. The van der Waals surface area contributed by atoms with E-state index in [9.17, 15) is 15.2 Å². The molecule has 0 radical (unpaired) electrons. The number of benzene rings is 2. The summed E-state index contributed by atoms with van der Waals surface area (Å²) in [6.45, 7) is 4.89. The molecule has 1 atom stereocenters. The van der Waals surface area contributed by atoms with Crippen LogP contribution in [0.15, 0.2) is 42.6 Å². The van der Waals surface area contributed by atoms with Gasteiger partial charge in [-0.3, -0.25) is 4.90 Å². The number of carboxylic acids is 1. The molecule has 2 aromatic carbocycles. The average Bonchev–Trinajstić information content (AvgIpc) is 3.59. The quantitative estimate of drug-likeness (QED) is 0.341. The van der Waals surface area contributed by atoms with Crippen molar-refractivity contribution >= 4 is 16.9 Å². The molecule has 1 spiro atoms. The summed E-state index contributed by atoms with van der Waals surface area (Å²) in [7, 11) is 0. The monoisotopic (exact) mass is 513 g/mol. The highest BCUT2D eigenvalue weighted by Gasteiger charge is 2.49. The fourth-order valence-corrected chi connectivity index (χ4v) is 6.52. The van der Waals surface area contributed by atoms with Gasteiger partial charge in [-0.15, -0.1) is 0 Å². The molecule has 7 nitrogen and oxygen atoms in total. The molecule has 1 aliphatic heterocycles. The second kappa shape index (κ2) is 10.1. The van der Waals surface area contributed by atoms with E-state index in [2.05, 4.69) is 35.0 Å². The number of fused-ring (bicyclic) bond motifs is 1. The number of H-pyrrole nitrogens is 1. The fourth-order valence-electron chi connectivity index (χ4n) is 6.52. The summed E-state index contributed by atoms with van der Waals surface area (Å²) in [6, 6.07) is 14.2. The molecule has 2 aliphatic carbocycles. The molecule has 0 amide bonds. The van der Waals surface area contributed by atoms with E-state index in [0.717, 1.165) is 74.0 Å². The minimum Gasteiger partial charge on any atom is -0.491 e. The van der Waals surface area contributed by atoms with Crippen LogP contribution in [0.4, 0.5) is 0 Å². The maximum Gasteiger partial charge on any atom is 0.335 e. The van der Waals surface area contributed by atoms with E-state index in [1.165, 1.54) is 10.9 Å². The van der Waals surface area contributed by atoms with Gasteiger partial charge in [-0.2, -0.15) is 5.26 Å². The molecule has 1 saturated heterocycles. The van der Waals surface area contributed by atoms with E-state index in [1.54, 1.807) is 12.1 Å². The topological polar surface area (TPSA) is 98.6 Å². The van der Waals surface area contributed by atoms with Gasteiger partial charge in [-0.1, -0.05) is 12.1 Å². The highest BCUT2D eigenvalue weighted by molar-refractivity contribution is 5.88. The molecule has 0 unspecified atom stereocenters. The minimum atomic E-state index is -0.911. The van der Waals surface area contributed by atoms with Crippen LogP contribution in [0.3, 0.4) is 0 Å². The second-order valence-corrected chi connectivity index (χ2v) is 11.5. The molecule has 1 aromatic heterocycles. The van der Waals surface area contributed by atoms with Gasteiger partial charge in [-0.05, 0) is 92.8 Å². The molecular formula is C31H35N3O4. The summed E-state index contributed by atoms with van der Waals surface area (Å²) in [4.78, 5) is 17.4. The van der Waals surface area contributed by atoms with Crippen molar-refractivity contribution in [3.05, 3.63) is 64.8 Å². The number of rotatable bonds is 9. The van der Waals surface area contributed by atoms with Crippen LogP contribution in [0.1, 0.15) is 71.6 Å². The van der Waals surface area contributed by atoms with Crippen LogP contribution in [0, 0.1) is 29.6 Å². The predicted molar refractivity (Wildman–Crippen MR) is 144 cm³/mol. The first-order valence-electron chi connectivity index (χ1n) is 13.8. The molecule has 6 rings (SSSR count). The smallest absolute Gasteiger partial charge is 0.335 e. The Labute approximate surface area is 223 Å². The van der Waals surface area contributed by atoms with Crippen molar-refractivity contribution in [2.24, 2.45) is 11.3 Å². The molecule has 0 bridgehead atoms. The Morgan fingerprint density at radius 2 is 1.97 bits per heavy atom. The first-order valence-corrected chi connectivity index (χ1v) is 13.8. The van der Waals surface area contributed by atoms with Crippen molar-refractivity contribution < 1.29 is 19.4 Å². The lowest BCUT2D eigenvalue weighted by molar-refractivity contribution is -0.0299. The Hall–Kier alpha value is -3.34. The number of aromatic carboxylic acids is 1. The summed E-state index contributed by atoms with van der Waals surface area (Å²) >= 11 is 0. The third kappa shape index (κ3) is 4.91. The summed E-state index contributed by atoms with van der Waals surface area (Å²) in [5.41, 5.74) is 5.09. The number of aromatic amines is 1. The number of nitrogens with zero attached hydrogens (tertiary/aromatic N) is 2. The maximum atomic E-state index is 11.5. The number of aromatic nitrogens is 1. The Morgan fingerprint density at radius 3 is 2.68 bits per heavy atom. The van der Waals surface area contributed by atoms with Gasteiger partial charge in [0.2, 0.25) is 0 Å². The van der Waals surface area contributed by atoms with Gasteiger partial charge in [-0.25, -0.2) is 4.79 Å². The van der Waals surface area contributed by atoms with Crippen molar-refractivity contribution in [2.45, 2.75) is 64.1 Å². The van der Waals surface area contributed by atoms with Gasteiger partial charge in [0.25, 0.3) is 0 Å². The minimum absolute atomic E-state index is 0.146. The van der Waals surface area contributed by atoms with E-state index in [-0.39, 0.29) is 17.4 Å². The van der Waals surface area contributed by atoms with Crippen molar-refractivity contribution in [1.82, 2.24) is 9.88 Å². The van der Waals surface area contributed by atoms with Crippen molar-refractivity contribution in [1.29, 1.82) is 5.26 Å². The molecular weight excluding hydrogens is 478 g/mol. The number of hydrogen-bond acceptors (Lipinski definition) is 5. The Balaban J connectivity index is 1.29. The van der Waals surface area contributed by atoms with Crippen molar-refractivity contribution in [3.63, 3.8) is 0 Å². The van der Waals surface area contributed by atoms with Gasteiger partial charge in [0.05, 0.1) is 24.3 Å². The normalized spacial score (nSPS) is 25.3. The number of likely N-dealkylation sites (tertiary alicyclic amines) is 1. The fraction of sp³-hybridized carbons (Fsp3) is 0.484. The van der Waals surface area contributed by atoms with Gasteiger partial charge in [0, 0.05) is 41.2 Å². The maximum absolute atomic E-state index is 11.5. The zero-order valence-electron chi connectivity index (χ0n) is 21.9. The predicted octanol–water partition coefficient (Wildman–Crippen LogP) is 5.99. The molecule has 198 valence electrons. The molecule has 7 heteroatoms. The van der Waals surface area contributed by atoms with Crippen LogP contribution < -0.4 is 4.74 Å². The zero-order valence-corrected chi connectivity index (χ0v) is 21.9. The van der Waals surface area contributed by atoms with Crippen molar-refractivity contribution in [3.8, 4) is 11.8 Å². The van der Waals surface area contributed by atoms with E-state index in [0.29, 0.717) is 24.9 Å². The number of hydrogen-bond donors (Lipinski definition) is 2. The standard InChI is InChI=1S/C31H35N3O4/c1-20-14-28(38-13-12-37-24-6-7-24)26(25-8-10-33-29(20)25)19-34-11-9-31(15-21(16-31)18-32)17-27(34)22-2-4-23(5-3-22)30(35)36/h2-5,8,10,14,21,24,27,33H,6-7,9,11-13,15-17,19H2,1H3,(H,35,36)/t21?,27-,31?/m0/s1. The lowest BCUT2D eigenvalue weighted by atomic mass is 9.56. The molecule has 2 heterocycles. The number of carbonyl (C=O) groups is 1. The lowest BCUT2D eigenvalue weighted by Crippen LogP contribution is -2.48. The first-order chi connectivity index (χ1) is 18.4. The number of carboxylic acid groups (broad SMARTS) is 1. The SMILES string of the molecule is Cc1cc(OCCOC2CC2)c(CN2CCC3(CC(C#N)C3)C[C@H]2c2ccc(C(=O)O)cc2)c2cc[nH]c12. The molecule has 2 saturated carbocycles. The molecule has 3 fully saturated rings. The average molecular weight is 514 g/mol. The lowest BCUT2D eigenvalue weighted by Gasteiger charge is -2.53. The number of nitrogens with one attached hydrogen (secondary N) is 1. The summed E-state index contributed by atoms with van der Waals surface area (Å²) in [6.07, 6.45) is 8.68. The second-order valence-electron chi connectivity index (χ2n) is 11.5. The van der Waals surface area contributed by atoms with Crippen LogP contribution in [0.25, 0.3) is 10.9 Å². The van der Waals surface area contributed by atoms with E-state index >= 15 is 0 Å².